The van der Waals surface area contributed by atoms with Gasteiger partial charge in [-0.05, 0) is 40.5 Å². The quantitative estimate of drug-likeness (QED) is 0.685. The van der Waals surface area contributed by atoms with Crippen molar-refractivity contribution >= 4 is 5.78 Å². The van der Waals surface area contributed by atoms with Crippen molar-refractivity contribution < 1.29 is 19.7 Å². The van der Waals surface area contributed by atoms with Crippen molar-refractivity contribution in [2.45, 2.75) is 57.3 Å². The topological polar surface area (TPSA) is 66.8 Å². The molecule has 0 fully saturated rings. The summed E-state index contributed by atoms with van der Waals surface area (Å²) in [5.41, 5.74) is -3.08. The molecule has 2 atom stereocenters. The van der Waals surface area contributed by atoms with Crippen LogP contribution in [0.25, 0.3) is 0 Å². The fraction of sp³-hybridized carbons (Fsp3) is 0.643. The maximum atomic E-state index is 12.1. The SMILES string of the molecule is C=C1C2=C(CCC(C)(C)O2)C(C)(O)C(=O)C1(C)O. The number of hydrogen-bond donors (Lipinski definition) is 2. The largest absolute Gasteiger partial charge is 0.487 e. The third-order valence-electron chi connectivity index (χ3n) is 3.96. The smallest absolute Gasteiger partial charge is 0.204 e. The van der Waals surface area contributed by atoms with Crippen LogP contribution in [0.5, 0.6) is 0 Å². The fourth-order valence-corrected chi connectivity index (χ4v) is 2.61. The molecule has 2 N–H and O–H groups in total. The Labute approximate surface area is 107 Å². The van der Waals surface area contributed by atoms with E-state index in [1.807, 2.05) is 13.8 Å². The van der Waals surface area contributed by atoms with Crippen molar-refractivity contribution in [3.05, 3.63) is 23.5 Å². The number of aliphatic hydroxyl groups is 2. The highest BCUT2D eigenvalue weighted by atomic mass is 16.5. The van der Waals surface area contributed by atoms with Crippen LogP contribution >= 0.6 is 0 Å². The van der Waals surface area contributed by atoms with E-state index >= 15 is 0 Å². The van der Waals surface area contributed by atoms with Crippen molar-refractivity contribution in [1.82, 2.24) is 0 Å². The lowest BCUT2D eigenvalue weighted by Gasteiger charge is -2.46. The normalized spacial score (nSPS) is 39.4. The van der Waals surface area contributed by atoms with Crippen molar-refractivity contribution in [3.63, 3.8) is 0 Å². The summed E-state index contributed by atoms with van der Waals surface area (Å²) in [6, 6.07) is 0. The number of ether oxygens (including phenoxy) is 1. The molecule has 0 saturated heterocycles. The van der Waals surface area contributed by atoms with Gasteiger partial charge in [-0.1, -0.05) is 6.58 Å². The van der Waals surface area contributed by atoms with Gasteiger partial charge in [-0.15, -0.1) is 0 Å². The molecule has 0 amide bonds. The van der Waals surface area contributed by atoms with Crippen molar-refractivity contribution in [2.24, 2.45) is 0 Å². The van der Waals surface area contributed by atoms with Crippen molar-refractivity contribution in [1.29, 1.82) is 0 Å². The van der Waals surface area contributed by atoms with E-state index in [1.54, 1.807) is 0 Å². The molecule has 0 aromatic heterocycles. The molecule has 4 heteroatoms. The maximum Gasteiger partial charge on any atom is 0.204 e. The summed E-state index contributed by atoms with van der Waals surface area (Å²) < 4.78 is 5.82. The molecule has 2 rings (SSSR count). The highest BCUT2D eigenvalue weighted by Crippen LogP contribution is 2.47. The van der Waals surface area contributed by atoms with Crippen LogP contribution in [0.3, 0.4) is 0 Å². The fourth-order valence-electron chi connectivity index (χ4n) is 2.61. The number of hydrogen-bond acceptors (Lipinski definition) is 4. The van der Waals surface area contributed by atoms with Crippen LogP contribution in [-0.2, 0) is 9.53 Å². The Kier molecular flexibility index (Phi) is 2.55. The molecule has 2 unspecified atom stereocenters. The van der Waals surface area contributed by atoms with E-state index in [-0.39, 0.29) is 11.2 Å². The lowest BCUT2D eigenvalue weighted by molar-refractivity contribution is -0.151. The minimum Gasteiger partial charge on any atom is -0.487 e. The minimum atomic E-state index is -1.78. The van der Waals surface area contributed by atoms with Crippen LogP contribution in [0.1, 0.15) is 40.5 Å². The van der Waals surface area contributed by atoms with Gasteiger partial charge in [0.25, 0.3) is 0 Å². The second-order valence-corrected chi connectivity index (χ2v) is 6.12. The zero-order valence-corrected chi connectivity index (χ0v) is 11.3. The van der Waals surface area contributed by atoms with E-state index in [0.717, 1.165) is 0 Å². The number of carbonyl (C=O) groups excluding carboxylic acids is 1. The Bertz CT molecular complexity index is 466. The average Bonchev–Trinajstić information content (AvgIpc) is 2.23. The first-order chi connectivity index (χ1) is 8.00. The molecule has 0 saturated carbocycles. The van der Waals surface area contributed by atoms with E-state index in [4.69, 9.17) is 4.74 Å². The van der Waals surface area contributed by atoms with Crippen LogP contribution in [0.4, 0.5) is 0 Å². The Morgan fingerprint density at radius 3 is 2.28 bits per heavy atom. The molecule has 1 heterocycles. The van der Waals surface area contributed by atoms with Crippen LogP contribution < -0.4 is 0 Å². The van der Waals surface area contributed by atoms with Crippen LogP contribution in [0.2, 0.25) is 0 Å². The molecule has 0 radical (unpaired) electrons. The summed E-state index contributed by atoms with van der Waals surface area (Å²) in [5.74, 6) is -0.247. The second kappa shape index (κ2) is 3.45. The molecule has 2 aliphatic rings. The highest BCUT2D eigenvalue weighted by molar-refractivity contribution is 6.01. The Morgan fingerprint density at radius 1 is 1.17 bits per heavy atom. The van der Waals surface area contributed by atoms with E-state index in [2.05, 4.69) is 6.58 Å². The van der Waals surface area contributed by atoms with E-state index in [1.165, 1.54) is 13.8 Å². The zero-order valence-electron chi connectivity index (χ0n) is 11.3. The van der Waals surface area contributed by atoms with Crippen LogP contribution in [0, 0.1) is 0 Å². The first-order valence-electron chi connectivity index (χ1n) is 6.12. The van der Waals surface area contributed by atoms with Crippen LogP contribution in [0.15, 0.2) is 23.5 Å². The minimum absolute atomic E-state index is 0.238. The van der Waals surface area contributed by atoms with Gasteiger partial charge >= 0.3 is 0 Å². The number of rotatable bonds is 0. The summed E-state index contributed by atoms with van der Waals surface area (Å²) in [6.07, 6.45) is 1.28. The molecule has 1 aliphatic carbocycles. The Balaban J connectivity index is 2.61. The zero-order chi connectivity index (χ0) is 13.9. The van der Waals surface area contributed by atoms with Gasteiger partial charge < -0.3 is 14.9 Å². The van der Waals surface area contributed by atoms with Gasteiger partial charge in [0.2, 0.25) is 5.78 Å². The number of carbonyl (C=O) groups is 1. The Hall–Kier alpha value is -1.13. The summed E-state index contributed by atoms with van der Waals surface area (Å²) in [7, 11) is 0. The van der Waals surface area contributed by atoms with E-state index in [9.17, 15) is 15.0 Å². The molecular weight excluding hydrogens is 232 g/mol. The molecule has 0 aromatic carbocycles. The van der Waals surface area contributed by atoms with Gasteiger partial charge in [0, 0.05) is 11.1 Å². The lowest BCUT2D eigenvalue weighted by atomic mass is 9.69. The Morgan fingerprint density at radius 2 is 1.72 bits per heavy atom. The van der Waals surface area contributed by atoms with Gasteiger partial charge in [0.15, 0.2) is 5.60 Å². The van der Waals surface area contributed by atoms with Gasteiger partial charge in [-0.3, -0.25) is 4.79 Å². The van der Waals surface area contributed by atoms with E-state index < -0.39 is 17.0 Å². The highest BCUT2D eigenvalue weighted by Gasteiger charge is 2.55. The van der Waals surface area contributed by atoms with Crippen molar-refractivity contribution in [3.8, 4) is 0 Å². The first-order valence-corrected chi connectivity index (χ1v) is 6.12. The lowest BCUT2D eigenvalue weighted by Crippen LogP contribution is -2.57. The molecule has 4 nitrogen and oxygen atoms in total. The third kappa shape index (κ3) is 1.63. The summed E-state index contributed by atoms with van der Waals surface area (Å²) >= 11 is 0. The first kappa shape index (κ1) is 13.3. The van der Waals surface area contributed by atoms with Gasteiger partial charge in [-0.2, -0.15) is 0 Å². The van der Waals surface area contributed by atoms with E-state index in [0.29, 0.717) is 24.2 Å². The number of ketones is 1. The third-order valence-corrected chi connectivity index (χ3v) is 3.96. The average molecular weight is 252 g/mol. The maximum absolute atomic E-state index is 12.1. The molecular formula is C14H20O4. The van der Waals surface area contributed by atoms with Gasteiger partial charge in [0.1, 0.15) is 17.0 Å². The molecule has 0 spiro atoms. The molecule has 100 valence electrons. The summed E-state index contributed by atoms with van der Waals surface area (Å²) in [4.78, 5) is 12.1. The monoisotopic (exact) mass is 252 g/mol. The standard InChI is InChI=1S/C14H20O4/c1-8-10-9(6-7-12(2,3)18-10)14(5,17)11(15)13(8,4)16/h16-17H,1,6-7H2,2-5H3. The number of Topliss-reactive ketones (excluding diaryl/α,β-unsaturated/α-hetero) is 1. The summed E-state index contributed by atoms with van der Waals surface area (Å²) in [5, 5.41) is 20.6. The molecule has 18 heavy (non-hydrogen) atoms. The van der Waals surface area contributed by atoms with Crippen LogP contribution in [-0.4, -0.2) is 32.8 Å². The second-order valence-electron chi connectivity index (χ2n) is 6.12. The predicted molar refractivity (Wildman–Crippen MR) is 66.8 cm³/mol. The predicted octanol–water partition coefficient (Wildman–Crippen LogP) is 1.47. The summed E-state index contributed by atoms with van der Waals surface area (Å²) in [6.45, 7) is 10.4. The van der Waals surface area contributed by atoms with Crippen molar-refractivity contribution in [2.75, 3.05) is 0 Å². The molecule has 0 aromatic rings. The van der Waals surface area contributed by atoms with Gasteiger partial charge in [0.05, 0.1) is 0 Å². The molecule has 0 bridgehead atoms. The molecule has 1 aliphatic heterocycles. The van der Waals surface area contributed by atoms with Gasteiger partial charge in [-0.25, -0.2) is 0 Å².